The molecule has 0 amide bonds. The van der Waals surface area contributed by atoms with Gasteiger partial charge in [0.2, 0.25) is 6.79 Å². The Morgan fingerprint density at radius 1 is 0.447 bits per heavy atom. The SMILES string of the molecule is N#Cc1ccc2c(c1)c1ccccc1n2-c1ccc2c(c1)-c1cc(-n3c4ccc(C#N)cc4c4cc(C#N)ccc43)ccc1OCO2. The molecular weight excluding hydrogens is 582 g/mol. The van der Waals surface area contributed by atoms with Gasteiger partial charge in [-0.1, -0.05) is 18.2 Å². The third kappa shape index (κ3) is 3.90. The van der Waals surface area contributed by atoms with E-state index in [9.17, 15) is 15.8 Å². The summed E-state index contributed by atoms with van der Waals surface area (Å²) in [5.74, 6) is 1.40. The fourth-order valence-corrected chi connectivity index (χ4v) is 6.90. The van der Waals surface area contributed by atoms with Crippen LogP contribution in [-0.2, 0) is 0 Å². The minimum atomic E-state index is 0.0776. The van der Waals surface area contributed by atoms with E-state index >= 15 is 0 Å². The Bertz CT molecular complexity index is 2690. The molecule has 0 unspecified atom stereocenters. The van der Waals surface area contributed by atoms with E-state index in [4.69, 9.17) is 9.47 Å². The maximum atomic E-state index is 9.63. The van der Waals surface area contributed by atoms with Gasteiger partial charge in [-0.05, 0) is 97.1 Å². The summed E-state index contributed by atoms with van der Waals surface area (Å²) in [6.45, 7) is 0.0776. The number of para-hydroxylation sites is 1. The second-order valence-corrected chi connectivity index (χ2v) is 11.5. The lowest BCUT2D eigenvalue weighted by atomic mass is 10.0. The van der Waals surface area contributed by atoms with E-state index < -0.39 is 0 Å². The molecule has 1 aliphatic rings. The predicted molar refractivity (Wildman–Crippen MR) is 181 cm³/mol. The summed E-state index contributed by atoms with van der Waals surface area (Å²) < 4.78 is 16.6. The van der Waals surface area contributed by atoms with Crippen LogP contribution in [0.3, 0.4) is 0 Å². The molecule has 0 aliphatic carbocycles. The topological polar surface area (TPSA) is 99.7 Å². The van der Waals surface area contributed by atoms with Gasteiger partial charge in [0.1, 0.15) is 11.5 Å². The van der Waals surface area contributed by atoms with Crippen molar-refractivity contribution < 1.29 is 9.47 Å². The van der Waals surface area contributed by atoms with Crippen molar-refractivity contribution in [3.8, 4) is 52.2 Å². The van der Waals surface area contributed by atoms with E-state index in [0.717, 1.165) is 66.1 Å². The van der Waals surface area contributed by atoms with Crippen molar-refractivity contribution in [1.82, 2.24) is 9.13 Å². The molecule has 0 saturated heterocycles. The number of nitriles is 3. The highest BCUT2D eigenvalue weighted by molar-refractivity contribution is 6.11. The average molecular weight is 604 g/mol. The minimum absolute atomic E-state index is 0.0776. The number of hydrogen-bond donors (Lipinski definition) is 0. The molecule has 3 heterocycles. The number of hydrogen-bond acceptors (Lipinski definition) is 5. The van der Waals surface area contributed by atoms with Crippen molar-refractivity contribution in [2.24, 2.45) is 0 Å². The Kier molecular flexibility index (Phi) is 5.62. The summed E-state index contributed by atoms with van der Waals surface area (Å²) in [6, 6.07) is 44.3. The Morgan fingerprint density at radius 2 is 0.872 bits per heavy atom. The summed E-state index contributed by atoms with van der Waals surface area (Å²) in [7, 11) is 0. The van der Waals surface area contributed by atoms with E-state index in [1.54, 1.807) is 0 Å². The van der Waals surface area contributed by atoms with E-state index in [0.29, 0.717) is 28.2 Å². The van der Waals surface area contributed by atoms with E-state index in [2.05, 4.69) is 51.6 Å². The zero-order valence-corrected chi connectivity index (χ0v) is 24.7. The molecule has 6 aromatic carbocycles. The van der Waals surface area contributed by atoms with E-state index in [-0.39, 0.29) is 6.79 Å². The lowest BCUT2D eigenvalue weighted by Gasteiger charge is -2.15. The molecule has 0 spiro atoms. The van der Waals surface area contributed by atoms with Gasteiger partial charge in [0.15, 0.2) is 0 Å². The molecular formula is C40H21N5O2. The highest BCUT2D eigenvalue weighted by Gasteiger charge is 2.22. The Balaban J connectivity index is 1.28. The molecule has 218 valence electrons. The summed E-state index contributed by atoms with van der Waals surface area (Å²) in [4.78, 5) is 0. The summed E-state index contributed by atoms with van der Waals surface area (Å²) in [5, 5.41) is 32.7. The number of ether oxygens (including phenoxy) is 2. The number of benzene rings is 6. The van der Waals surface area contributed by atoms with Crippen molar-refractivity contribution in [3.05, 3.63) is 132 Å². The maximum absolute atomic E-state index is 9.63. The molecule has 1 aliphatic heterocycles. The molecule has 0 radical (unpaired) electrons. The first-order valence-corrected chi connectivity index (χ1v) is 15.0. The third-order valence-electron chi connectivity index (χ3n) is 8.99. The van der Waals surface area contributed by atoms with Gasteiger partial charge in [0.25, 0.3) is 0 Å². The standard InChI is InChI=1S/C40H21N5O2/c41-20-24-5-10-36-30(15-24)29-3-1-2-4-35(29)44(36)27-8-13-39-33(18-27)34-19-28(9-14-40(34)47-23-46-39)45-37-11-6-25(21-42)16-31(37)32-17-26(22-43)7-12-38(32)45/h1-19H,23H2. The summed E-state index contributed by atoms with van der Waals surface area (Å²) in [6.07, 6.45) is 0. The molecule has 0 N–H and O–H groups in total. The smallest absolute Gasteiger partial charge is 0.230 e. The van der Waals surface area contributed by atoms with Gasteiger partial charge in [0.05, 0.1) is 57.0 Å². The summed E-state index contributed by atoms with van der Waals surface area (Å²) in [5.41, 5.74) is 9.24. The van der Waals surface area contributed by atoms with Crippen molar-refractivity contribution in [2.75, 3.05) is 6.79 Å². The monoisotopic (exact) mass is 603 g/mol. The molecule has 0 bridgehead atoms. The minimum Gasteiger partial charge on any atom is -0.457 e. The first kappa shape index (κ1) is 26.4. The van der Waals surface area contributed by atoms with Crippen LogP contribution in [0.15, 0.2) is 115 Å². The van der Waals surface area contributed by atoms with Crippen LogP contribution >= 0.6 is 0 Å². The highest BCUT2D eigenvalue weighted by atomic mass is 16.7. The van der Waals surface area contributed by atoms with Gasteiger partial charge in [-0.15, -0.1) is 0 Å². The van der Waals surface area contributed by atoms with Gasteiger partial charge in [-0.25, -0.2) is 0 Å². The lowest BCUT2D eigenvalue weighted by Crippen LogP contribution is -2.03. The molecule has 7 nitrogen and oxygen atoms in total. The van der Waals surface area contributed by atoms with Crippen LogP contribution < -0.4 is 9.47 Å². The maximum Gasteiger partial charge on any atom is 0.230 e. The van der Waals surface area contributed by atoms with Gasteiger partial charge in [-0.2, -0.15) is 15.8 Å². The fraction of sp³-hybridized carbons (Fsp3) is 0.0250. The second kappa shape index (κ2) is 10.0. The molecule has 7 heteroatoms. The Morgan fingerprint density at radius 3 is 1.34 bits per heavy atom. The molecule has 2 aromatic heterocycles. The summed E-state index contributed by atoms with van der Waals surface area (Å²) >= 11 is 0. The molecule has 0 atom stereocenters. The number of rotatable bonds is 2. The Hall–Kier alpha value is -7.01. The van der Waals surface area contributed by atoms with Crippen molar-refractivity contribution in [2.45, 2.75) is 0 Å². The van der Waals surface area contributed by atoms with E-state index in [1.807, 2.05) is 91.0 Å². The number of fused-ring (bicyclic) bond motifs is 9. The second-order valence-electron chi connectivity index (χ2n) is 11.5. The van der Waals surface area contributed by atoms with Gasteiger partial charge < -0.3 is 18.6 Å². The molecule has 47 heavy (non-hydrogen) atoms. The molecule has 8 aromatic rings. The molecule has 0 saturated carbocycles. The fourth-order valence-electron chi connectivity index (χ4n) is 6.90. The van der Waals surface area contributed by atoms with Crippen LogP contribution in [0.2, 0.25) is 0 Å². The largest absolute Gasteiger partial charge is 0.457 e. The van der Waals surface area contributed by atoms with Crippen LogP contribution in [0.5, 0.6) is 11.5 Å². The van der Waals surface area contributed by atoms with Crippen LogP contribution in [-0.4, -0.2) is 15.9 Å². The third-order valence-corrected chi connectivity index (χ3v) is 8.99. The highest BCUT2D eigenvalue weighted by Crippen LogP contribution is 2.43. The van der Waals surface area contributed by atoms with Crippen molar-refractivity contribution in [1.29, 1.82) is 15.8 Å². The van der Waals surface area contributed by atoms with Crippen molar-refractivity contribution in [3.63, 3.8) is 0 Å². The van der Waals surface area contributed by atoms with Gasteiger partial charge in [-0.3, -0.25) is 0 Å². The zero-order valence-electron chi connectivity index (χ0n) is 24.7. The quantitative estimate of drug-likeness (QED) is 0.196. The van der Waals surface area contributed by atoms with Gasteiger partial charge >= 0.3 is 0 Å². The van der Waals surface area contributed by atoms with Crippen LogP contribution in [0.4, 0.5) is 0 Å². The predicted octanol–water partition coefficient (Wildman–Crippen LogP) is 8.89. The Labute approximate surface area is 268 Å². The van der Waals surface area contributed by atoms with Crippen LogP contribution in [0.1, 0.15) is 16.7 Å². The van der Waals surface area contributed by atoms with Crippen molar-refractivity contribution >= 4 is 43.6 Å². The first-order chi connectivity index (χ1) is 23.1. The zero-order chi connectivity index (χ0) is 31.6. The van der Waals surface area contributed by atoms with Crippen LogP contribution in [0.25, 0.3) is 66.1 Å². The normalized spacial score (nSPS) is 12.0. The molecule has 0 fully saturated rings. The van der Waals surface area contributed by atoms with Crippen LogP contribution in [0, 0.1) is 34.0 Å². The van der Waals surface area contributed by atoms with Gasteiger partial charge in [0, 0.05) is 44.0 Å². The average Bonchev–Trinajstić information content (AvgIpc) is 3.56. The number of aromatic nitrogens is 2. The van der Waals surface area contributed by atoms with E-state index in [1.165, 1.54) is 0 Å². The lowest BCUT2D eigenvalue weighted by molar-refractivity contribution is 0.125. The first-order valence-electron chi connectivity index (χ1n) is 15.0. The molecule has 9 rings (SSSR count). The number of nitrogens with zero attached hydrogens (tertiary/aromatic N) is 5.